The molecule has 0 saturated carbocycles. The van der Waals surface area contributed by atoms with E-state index in [0.717, 1.165) is 66.8 Å². The van der Waals surface area contributed by atoms with Crippen molar-refractivity contribution in [1.82, 2.24) is 9.55 Å². The molecule has 0 amide bonds. The van der Waals surface area contributed by atoms with Gasteiger partial charge in [0.15, 0.2) is 0 Å². The molecule has 344 valence electrons. The van der Waals surface area contributed by atoms with E-state index >= 15 is 0 Å². The Morgan fingerprint density at radius 3 is 1.74 bits per heavy atom. The second-order valence-electron chi connectivity index (χ2n) is 20.7. The summed E-state index contributed by atoms with van der Waals surface area (Å²) in [5.41, 5.74) is 14.3. The van der Waals surface area contributed by atoms with Crippen molar-refractivity contribution in [3.05, 3.63) is 212 Å². The van der Waals surface area contributed by atoms with E-state index in [2.05, 4.69) is 266 Å². The molecule has 0 spiro atoms. The van der Waals surface area contributed by atoms with E-state index in [4.69, 9.17) is 9.72 Å². The van der Waals surface area contributed by atoms with Crippen LogP contribution < -0.4 is 14.5 Å². The average molecular weight is 1070 g/mol. The van der Waals surface area contributed by atoms with Gasteiger partial charge >= 0.3 is 0 Å². The van der Waals surface area contributed by atoms with Crippen LogP contribution in [-0.4, -0.2) is 9.55 Å². The molecular formula is C62H57N4OPt-3. The van der Waals surface area contributed by atoms with Crippen LogP contribution in [0.25, 0.3) is 61.0 Å². The van der Waals surface area contributed by atoms with Crippen LogP contribution in [0.5, 0.6) is 11.5 Å². The predicted molar refractivity (Wildman–Crippen MR) is 280 cm³/mol. The molecule has 68 heavy (non-hydrogen) atoms. The van der Waals surface area contributed by atoms with Gasteiger partial charge in [0.2, 0.25) is 0 Å². The maximum Gasteiger partial charge on any atom is 0.136 e. The first-order valence-corrected chi connectivity index (χ1v) is 23.3. The molecule has 0 aliphatic carbocycles. The van der Waals surface area contributed by atoms with Crippen molar-refractivity contribution in [1.29, 1.82) is 0 Å². The minimum Gasteiger partial charge on any atom is -0.509 e. The Hall–Kier alpha value is -6.68. The molecule has 2 aromatic heterocycles. The molecule has 0 fully saturated rings. The van der Waals surface area contributed by atoms with Gasteiger partial charge in [0.25, 0.3) is 0 Å². The molecule has 3 heterocycles. The SMILES string of the molecule is CC(C)(C)c1ccc(-c2cc(-n3c4[c-]c(Oc5[c-]c(N6C=CN(c7c(-c8ccccc8)cccc7-c7ccccc7)[CH-]6)cc(C(C)(C)C)c5)ccc4c4ccccc43)ncc2C(C)(C)C)cc1.[Pt]. The zero-order chi connectivity index (χ0) is 46.7. The van der Waals surface area contributed by atoms with Gasteiger partial charge in [-0.25, -0.2) is 4.98 Å². The third-order valence-electron chi connectivity index (χ3n) is 12.8. The Balaban J connectivity index is 0.00000578. The molecule has 10 rings (SSSR count). The van der Waals surface area contributed by atoms with Crippen molar-refractivity contribution in [3.63, 3.8) is 0 Å². The number of fused-ring (bicyclic) bond motifs is 3. The fourth-order valence-corrected chi connectivity index (χ4v) is 9.15. The van der Waals surface area contributed by atoms with Crippen molar-refractivity contribution < 1.29 is 25.8 Å². The van der Waals surface area contributed by atoms with E-state index < -0.39 is 0 Å². The molecule has 7 aromatic carbocycles. The number of rotatable bonds is 8. The molecule has 0 unspecified atom stereocenters. The maximum atomic E-state index is 6.85. The van der Waals surface area contributed by atoms with Crippen LogP contribution in [0.3, 0.4) is 0 Å². The number of nitrogens with zero attached hydrogens (tertiary/aromatic N) is 4. The van der Waals surface area contributed by atoms with Crippen LogP contribution in [0.1, 0.15) is 79.0 Å². The van der Waals surface area contributed by atoms with Crippen molar-refractivity contribution in [2.75, 3.05) is 9.80 Å². The van der Waals surface area contributed by atoms with Gasteiger partial charge in [0.1, 0.15) is 5.82 Å². The Kier molecular flexibility index (Phi) is 12.4. The van der Waals surface area contributed by atoms with Gasteiger partial charge in [-0.1, -0.05) is 189 Å². The summed E-state index contributed by atoms with van der Waals surface area (Å²) in [4.78, 5) is 9.54. The van der Waals surface area contributed by atoms with Gasteiger partial charge in [0, 0.05) is 61.1 Å². The van der Waals surface area contributed by atoms with Gasteiger partial charge < -0.3 is 19.1 Å². The number of pyridine rings is 1. The van der Waals surface area contributed by atoms with Crippen LogP contribution in [-0.2, 0) is 37.3 Å². The molecule has 1 aliphatic rings. The maximum absolute atomic E-state index is 6.85. The third kappa shape index (κ3) is 9.05. The number of para-hydroxylation sites is 2. The second kappa shape index (κ2) is 18.1. The fraction of sp³-hybridized carbons (Fsp3) is 0.194. The Morgan fingerprint density at radius 2 is 1.10 bits per heavy atom. The normalized spacial score (nSPS) is 13.1. The smallest absolute Gasteiger partial charge is 0.136 e. The fourth-order valence-electron chi connectivity index (χ4n) is 9.15. The van der Waals surface area contributed by atoms with Gasteiger partial charge in [-0.15, -0.1) is 53.6 Å². The van der Waals surface area contributed by atoms with E-state index in [1.807, 2.05) is 6.07 Å². The molecule has 5 nitrogen and oxygen atoms in total. The van der Waals surface area contributed by atoms with Gasteiger partial charge in [-0.2, -0.15) is 6.07 Å². The summed E-state index contributed by atoms with van der Waals surface area (Å²) >= 11 is 0. The number of hydrogen-bond donors (Lipinski definition) is 0. The quantitative estimate of drug-likeness (QED) is 0.142. The second-order valence-corrected chi connectivity index (χ2v) is 20.7. The molecule has 0 N–H and O–H groups in total. The molecule has 0 bridgehead atoms. The summed E-state index contributed by atoms with van der Waals surface area (Å²) in [7, 11) is 0. The first kappa shape index (κ1) is 46.4. The van der Waals surface area contributed by atoms with E-state index in [1.165, 1.54) is 22.3 Å². The summed E-state index contributed by atoms with van der Waals surface area (Å²) in [6, 6.07) is 63.4. The van der Waals surface area contributed by atoms with Gasteiger partial charge in [-0.05, 0) is 79.5 Å². The Morgan fingerprint density at radius 1 is 0.500 bits per heavy atom. The van der Waals surface area contributed by atoms with E-state index in [1.54, 1.807) is 0 Å². The van der Waals surface area contributed by atoms with Crippen LogP contribution in [0.15, 0.2) is 176 Å². The van der Waals surface area contributed by atoms with Crippen LogP contribution in [0, 0.1) is 18.8 Å². The number of benzene rings is 7. The Labute approximate surface area is 417 Å². The van der Waals surface area contributed by atoms with Crippen molar-refractivity contribution in [2.45, 2.75) is 78.6 Å². The zero-order valence-corrected chi connectivity index (χ0v) is 42.6. The zero-order valence-electron chi connectivity index (χ0n) is 40.3. The van der Waals surface area contributed by atoms with Crippen LogP contribution >= 0.6 is 0 Å². The molecule has 0 atom stereocenters. The van der Waals surface area contributed by atoms with E-state index in [-0.39, 0.29) is 37.3 Å². The molecule has 0 radical (unpaired) electrons. The van der Waals surface area contributed by atoms with E-state index in [9.17, 15) is 0 Å². The minimum absolute atomic E-state index is 0. The standard InChI is InChI=1S/C62H57N4O.Pt/c1-60(2,3)45-29-27-44(28-30-45)54-39-58(63-40-55(54)62(7,8)9)66-56-26-17-16-23-52(56)53-32-31-48(38-57(53)66)67-49-36-46(61(4,5)6)35-47(37-49)64-33-34-65(41-64)59-50(42-19-12-10-13-20-42)24-18-25-51(59)43-21-14-11-15-22-43;/h10-36,39-41H,1-9H3;/q-3;. The molecular weight excluding hydrogens is 1010 g/mol. The largest absolute Gasteiger partial charge is 0.509 e. The van der Waals surface area contributed by atoms with Crippen LogP contribution in [0.4, 0.5) is 11.4 Å². The number of aromatic nitrogens is 2. The number of ether oxygens (including phenoxy) is 1. The summed E-state index contributed by atoms with van der Waals surface area (Å²) in [5.74, 6) is 2.04. The average Bonchev–Trinajstić information content (AvgIpc) is 3.94. The topological polar surface area (TPSA) is 33.5 Å². The summed E-state index contributed by atoms with van der Waals surface area (Å²) in [6.07, 6.45) is 6.28. The summed E-state index contributed by atoms with van der Waals surface area (Å²) in [5, 5.41) is 2.21. The monoisotopic (exact) mass is 1070 g/mol. The van der Waals surface area contributed by atoms with E-state index in [0.29, 0.717) is 11.5 Å². The molecule has 1 aliphatic heterocycles. The number of anilines is 2. The van der Waals surface area contributed by atoms with Crippen molar-refractivity contribution in [3.8, 4) is 50.7 Å². The first-order chi connectivity index (χ1) is 32.1. The van der Waals surface area contributed by atoms with Gasteiger partial charge in [0.05, 0.1) is 0 Å². The first-order valence-electron chi connectivity index (χ1n) is 23.3. The Bertz CT molecular complexity index is 3240. The molecule has 6 heteroatoms. The predicted octanol–water partition coefficient (Wildman–Crippen LogP) is 16.4. The van der Waals surface area contributed by atoms with Crippen LogP contribution in [0.2, 0.25) is 0 Å². The molecule has 0 saturated heterocycles. The third-order valence-corrected chi connectivity index (χ3v) is 12.8. The van der Waals surface area contributed by atoms with Gasteiger partial charge in [-0.3, -0.25) is 0 Å². The molecule has 9 aromatic rings. The van der Waals surface area contributed by atoms with Crippen molar-refractivity contribution in [2.24, 2.45) is 0 Å². The number of hydrogen-bond acceptors (Lipinski definition) is 4. The summed E-state index contributed by atoms with van der Waals surface area (Å²) < 4.78 is 9.08. The van der Waals surface area contributed by atoms with Crippen molar-refractivity contribution >= 4 is 33.2 Å². The minimum atomic E-state index is -0.165. The summed E-state index contributed by atoms with van der Waals surface area (Å²) in [6.45, 7) is 22.4.